The molecule has 1 aliphatic heterocycles. The molecular weight excluding hydrogens is 362 g/mol. The van der Waals surface area contributed by atoms with Crippen molar-refractivity contribution in [1.82, 2.24) is 5.32 Å². The van der Waals surface area contributed by atoms with Gasteiger partial charge in [0, 0.05) is 29.0 Å². The van der Waals surface area contributed by atoms with Crippen LogP contribution in [0.5, 0.6) is 17.2 Å². The first kappa shape index (κ1) is 19.4. The molecule has 1 heterocycles. The molecule has 0 bridgehead atoms. The largest absolute Gasteiger partial charge is 0.496 e. The average molecular weight is 388 g/mol. The van der Waals surface area contributed by atoms with Gasteiger partial charge in [-0.05, 0) is 50.4 Å². The van der Waals surface area contributed by atoms with E-state index in [2.05, 4.69) is 5.32 Å². The van der Waals surface area contributed by atoms with Crippen LogP contribution < -0.4 is 19.5 Å². The van der Waals surface area contributed by atoms with Crippen LogP contribution in [0, 0.1) is 0 Å². The van der Waals surface area contributed by atoms with E-state index in [1.54, 1.807) is 24.9 Å². The van der Waals surface area contributed by atoms with E-state index in [1.807, 2.05) is 44.4 Å². The van der Waals surface area contributed by atoms with E-state index in [9.17, 15) is 4.79 Å². The van der Waals surface area contributed by atoms with Crippen LogP contribution in [0.2, 0.25) is 0 Å². The first-order valence-electron chi connectivity index (χ1n) is 9.01. The predicted molar refractivity (Wildman–Crippen MR) is 107 cm³/mol. The topological polar surface area (TPSA) is 56.8 Å². The predicted octanol–water partition coefficient (Wildman–Crippen LogP) is 4.07. The minimum Gasteiger partial charge on any atom is -0.496 e. The van der Waals surface area contributed by atoms with Gasteiger partial charge in [0.15, 0.2) is 0 Å². The zero-order chi connectivity index (χ0) is 19.4. The number of carbonyl (C=O) groups is 1. The van der Waals surface area contributed by atoms with Gasteiger partial charge in [-0.25, -0.2) is 0 Å². The summed E-state index contributed by atoms with van der Waals surface area (Å²) in [5, 5.41) is 2.97. The third kappa shape index (κ3) is 4.33. The number of benzene rings is 2. The molecule has 3 rings (SSSR count). The van der Waals surface area contributed by atoms with Gasteiger partial charge in [0.25, 0.3) is 5.91 Å². The van der Waals surface area contributed by atoms with Crippen LogP contribution in [0.4, 0.5) is 0 Å². The summed E-state index contributed by atoms with van der Waals surface area (Å²) in [7, 11) is 1.57. The Balaban J connectivity index is 1.78. The smallest absolute Gasteiger partial charge is 0.255 e. The number of fused-ring (bicyclic) bond motifs is 1. The summed E-state index contributed by atoms with van der Waals surface area (Å²) in [6, 6.07) is 9.57. The van der Waals surface area contributed by atoms with E-state index in [0.29, 0.717) is 24.5 Å². The first-order valence-corrected chi connectivity index (χ1v) is 10.2. The van der Waals surface area contributed by atoms with Crippen molar-refractivity contribution >= 4 is 17.7 Å². The Morgan fingerprint density at radius 2 is 2.11 bits per heavy atom. The molecule has 5 nitrogen and oxygen atoms in total. The molecule has 2 aromatic rings. The van der Waals surface area contributed by atoms with Gasteiger partial charge in [0.2, 0.25) is 0 Å². The van der Waals surface area contributed by atoms with Crippen molar-refractivity contribution in [3.8, 4) is 17.2 Å². The molecule has 0 aromatic heterocycles. The summed E-state index contributed by atoms with van der Waals surface area (Å²) in [5.41, 5.74) is 2.56. The van der Waals surface area contributed by atoms with Crippen LogP contribution >= 0.6 is 11.8 Å². The Hall–Kier alpha value is -2.34. The molecule has 6 heteroatoms. The van der Waals surface area contributed by atoms with Gasteiger partial charge in [-0.1, -0.05) is 0 Å². The lowest BCUT2D eigenvalue weighted by atomic mass is 10.1. The van der Waals surface area contributed by atoms with E-state index in [-0.39, 0.29) is 12.0 Å². The van der Waals surface area contributed by atoms with Crippen molar-refractivity contribution < 1.29 is 19.0 Å². The van der Waals surface area contributed by atoms with Crippen LogP contribution in [0.1, 0.15) is 35.3 Å². The number of carbonyl (C=O) groups excluding carboxylic acids is 1. The zero-order valence-corrected chi connectivity index (χ0v) is 16.9. The number of amides is 1. The highest BCUT2D eigenvalue weighted by Crippen LogP contribution is 2.35. The lowest BCUT2D eigenvalue weighted by Gasteiger charge is -2.14. The number of ether oxygens (including phenoxy) is 3. The number of rotatable bonds is 7. The minimum atomic E-state index is -0.184. The van der Waals surface area contributed by atoms with Gasteiger partial charge >= 0.3 is 0 Å². The standard InChI is InChI=1S/C21H25NO4S/c1-5-25-18-9-14-8-13(2)26-19(14)10-15(18)12-22-21(23)17-7-6-16(27-4)11-20(17)24-3/h6-7,9-11,13H,5,8,12H2,1-4H3,(H,22,23). The quantitative estimate of drug-likeness (QED) is 0.726. The molecule has 144 valence electrons. The summed E-state index contributed by atoms with van der Waals surface area (Å²) >= 11 is 1.61. The number of hydrogen-bond donors (Lipinski definition) is 1. The number of hydrogen-bond acceptors (Lipinski definition) is 5. The van der Waals surface area contributed by atoms with E-state index < -0.39 is 0 Å². The molecule has 27 heavy (non-hydrogen) atoms. The van der Waals surface area contributed by atoms with Gasteiger partial charge in [-0.15, -0.1) is 11.8 Å². The summed E-state index contributed by atoms with van der Waals surface area (Å²) in [5.74, 6) is 2.04. The summed E-state index contributed by atoms with van der Waals surface area (Å²) in [4.78, 5) is 13.7. The highest BCUT2D eigenvalue weighted by atomic mass is 32.2. The van der Waals surface area contributed by atoms with Crippen molar-refractivity contribution in [2.24, 2.45) is 0 Å². The van der Waals surface area contributed by atoms with Gasteiger partial charge in [0.05, 0.1) is 19.3 Å². The van der Waals surface area contributed by atoms with E-state index in [4.69, 9.17) is 14.2 Å². The maximum atomic E-state index is 12.7. The second-order valence-electron chi connectivity index (χ2n) is 6.38. The molecule has 1 unspecified atom stereocenters. The summed E-state index contributed by atoms with van der Waals surface area (Å²) < 4.78 is 17.0. The lowest BCUT2D eigenvalue weighted by Crippen LogP contribution is -2.23. The van der Waals surface area contributed by atoms with Crippen molar-refractivity contribution in [1.29, 1.82) is 0 Å². The molecule has 1 amide bonds. The molecule has 0 fully saturated rings. The Morgan fingerprint density at radius 1 is 1.30 bits per heavy atom. The van der Waals surface area contributed by atoms with E-state index in [0.717, 1.165) is 33.9 Å². The number of methoxy groups -OCH3 is 1. The number of thioether (sulfide) groups is 1. The minimum absolute atomic E-state index is 0.165. The van der Waals surface area contributed by atoms with Crippen molar-refractivity contribution in [3.63, 3.8) is 0 Å². The number of nitrogens with one attached hydrogen (secondary N) is 1. The Labute approximate surface area is 164 Å². The highest BCUT2D eigenvalue weighted by molar-refractivity contribution is 7.98. The van der Waals surface area contributed by atoms with Crippen LogP contribution in [-0.2, 0) is 13.0 Å². The monoisotopic (exact) mass is 387 g/mol. The highest BCUT2D eigenvalue weighted by Gasteiger charge is 2.22. The fraction of sp³-hybridized carbons (Fsp3) is 0.381. The third-order valence-corrected chi connectivity index (χ3v) is 5.20. The van der Waals surface area contributed by atoms with Crippen molar-refractivity contribution in [2.75, 3.05) is 20.0 Å². The Kier molecular flexibility index (Phi) is 6.16. The van der Waals surface area contributed by atoms with Crippen LogP contribution in [0.25, 0.3) is 0 Å². The van der Waals surface area contributed by atoms with Crippen LogP contribution in [0.3, 0.4) is 0 Å². The fourth-order valence-corrected chi connectivity index (χ4v) is 3.60. The Bertz CT molecular complexity index is 837. The maximum Gasteiger partial charge on any atom is 0.255 e. The van der Waals surface area contributed by atoms with Gasteiger partial charge < -0.3 is 19.5 Å². The summed E-state index contributed by atoms with van der Waals surface area (Å²) in [6.07, 6.45) is 3.03. The lowest BCUT2D eigenvalue weighted by molar-refractivity contribution is 0.0947. The molecular formula is C21H25NO4S. The van der Waals surface area contributed by atoms with Gasteiger partial charge in [-0.3, -0.25) is 4.79 Å². The van der Waals surface area contributed by atoms with E-state index >= 15 is 0 Å². The fourth-order valence-electron chi connectivity index (χ4n) is 3.17. The zero-order valence-electron chi connectivity index (χ0n) is 16.1. The normalized spacial score (nSPS) is 15.0. The summed E-state index contributed by atoms with van der Waals surface area (Å²) in [6.45, 7) is 4.92. The molecule has 0 spiro atoms. The van der Waals surface area contributed by atoms with E-state index in [1.165, 1.54) is 0 Å². The van der Waals surface area contributed by atoms with Gasteiger partial charge in [-0.2, -0.15) is 0 Å². The van der Waals surface area contributed by atoms with Crippen LogP contribution in [0.15, 0.2) is 35.2 Å². The third-order valence-electron chi connectivity index (χ3n) is 4.47. The molecule has 0 saturated carbocycles. The van der Waals surface area contributed by atoms with Crippen molar-refractivity contribution in [3.05, 3.63) is 47.0 Å². The van der Waals surface area contributed by atoms with Crippen molar-refractivity contribution in [2.45, 2.75) is 37.8 Å². The molecule has 0 aliphatic carbocycles. The average Bonchev–Trinajstić information content (AvgIpc) is 3.04. The van der Waals surface area contributed by atoms with Crippen LogP contribution in [-0.4, -0.2) is 32.0 Å². The second-order valence-corrected chi connectivity index (χ2v) is 7.26. The SMILES string of the molecule is CCOc1cc2c(cc1CNC(=O)c1ccc(SC)cc1OC)OC(C)C2. The van der Waals surface area contributed by atoms with Gasteiger partial charge in [0.1, 0.15) is 23.4 Å². The molecule has 1 aliphatic rings. The molecule has 0 radical (unpaired) electrons. The molecule has 1 atom stereocenters. The maximum absolute atomic E-state index is 12.7. The first-order chi connectivity index (χ1) is 13.0. The molecule has 2 aromatic carbocycles. The molecule has 1 N–H and O–H groups in total. The molecule has 0 saturated heterocycles. The second kappa shape index (κ2) is 8.57. The Morgan fingerprint density at radius 3 is 2.81 bits per heavy atom.